The summed E-state index contributed by atoms with van der Waals surface area (Å²) >= 11 is 0. The molecule has 3 rings (SSSR count). The van der Waals surface area contributed by atoms with E-state index in [9.17, 15) is 14.4 Å². The van der Waals surface area contributed by atoms with Gasteiger partial charge >= 0.3 is 6.09 Å². The highest BCUT2D eigenvalue weighted by atomic mass is 16.6. The van der Waals surface area contributed by atoms with Crippen LogP contribution in [-0.4, -0.2) is 71.0 Å². The van der Waals surface area contributed by atoms with Gasteiger partial charge in [0.1, 0.15) is 11.4 Å². The number of piperazine rings is 1. The van der Waals surface area contributed by atoms with Crippen molar-refractivity contribution in [2.45, 2.75) is 46.1 Å². The summed E-state index contributed by atoms with van der Waals surface area (Å²) in [4.78, 5) is 44.0. The fourth-order valence-corrected chi connectivity index (χ4v) is 3.39. The third-order valence-corrected chi connectivity index (χ3v) is 5.08. The predicted molar refractivity (Wildman–Crippen MR) is 117 cm³/mol. The van der Waals surface area contributed by atoms with Crippen molar-refractivity contribution in [1.82, 2.24) is 14.8 Å². The summed E-state index contributed by atoms with van der Waals surface area (Å²) in [5.74, 6) is -0.393. The van der Waals surface area contributed by atoms with Gasteiger partial charge in [0.05, 0.1) is 12.2 Å². The van der Waals surface area contributed by atoms with Crippen LogP contribution in [0.4, 0.5) is 4.79 Å². The lowest BCUT2D eigenvalue weighted by Gasteiger charge is -2.35. The topological polar surface area (TPSA) is 91.9 Å². The van der Waals surface area contributed by atoms with E-state index in [1.54, 1.807) is 17.2 Å². The second kappa shape index (κ2) is 9.41. The molecule has 0 spiro atoms. The minimum atomic E-state index is -0.573. The lowest BCUT2D eigenvalue weighted by atomic mass is 10.1. The summed E-state index contributed by atoms with van der Waals surface area (Å²) < 4.78 is 11.1. The van der Waals surface area contributed by atoms with Crippen molar-refractivity contribution in [2.24, 2.45) is 0 Å². The first-order chi connectivity index (χ1) is 14.7. The fraction of sp³-hybridized carbons (Fsp3) is 0.522. The van der Waals surface area contributed by atoms with Gasteiger partial charge in [-0.05, 0) is 39.3 Å². The Balaban J connectivity index is 1.62. The molecule has 1 saturated heterocycles. The second-order valence-electron chi connectivity index (χ2n) is 8.70. The average Bonchev–Trinajstić information content (AvgIpc) is 3.15. The van der Waals surface area contributed by atoms with Crippen LogP contribution in [0.1, 0.15) is 50.9 Å². The zero-order valence-corrected chi connectivity index (χ0v) is 18.7. The summed E-state index contributed by atoms with van der Waals surface area (Å²) in [5, 5.41) is 0.689. The lowest BCUT2D eigenvalue weighted by molar-refractivity contribution is -0.128. The van der Waals surface area contributed by atoms with E-state index in [1.807, 2.05) is 32.9 Å². The normalized spacial score (nSPS) is 14.6. The Bertz CT molecular complexity index is 952. The van der Waals surface area contributed by atoms with E-state index in [1.165, 1.54) is 4.90 Å². The second-order valence-corrected chi connectivity index (χ2v) is 8.70. The number of rotatable bonds is 6. The largest absolute Gasteiger partial charge is 0.494 e. The van der Waals surface area contributed by atoms with E-state index in [2.05, 4.69) is 11.9 Å². The van der Waals surface area contributed by atoms with Crippen molar-refractivity contribution in [3.8, 4) is 5.75 Å². The highest BCUT2D eigenvalue weighted by Gasteiger charge is 2.31. The Morgan fingerprint density at radius 2 is 1.74 bits per heavy atom. The summed E-state index contributed by atoms with van der Waals surface area (Å²) in [6, 6.07) is 5.45. The van der Waals surface area contributed by atoms with Crippen LogP contribution in [-0.2, 0) is 9.53 Å². The van der Waals surface area contributed by atoms with Gasteiger partial charge in [0.2, 0.25) is 0 Å². The maximum Gasteiger partial charge on any atom is 0.410 e. The molecule has 2 aromatic rings. The minimum Gasteiger partial charge on any atom is -0.494 e. The highest BCUT2D eigenvalue weighted by molar-refractivity contribution is 6.44. The Labute approximate surface area is 182 Å². The summed E-state index contributed by atoms with van der Waals surface area (Å²) in [5.41, 5.74) is 0.519. The smallest absolute Gasteiger partial charge is 0.410 e. The van der Waals surface area contributed by atoms with Crippen LogP contribution in [0.3, 0.4) is 0 Å². The van der Waals surface area contributed by atoms with E-state index in [-0.39, 0.29) is 0 Å². The van der Waals surface area contributed by atoms with Crippen molar-refractivity contribution >= 4 is 28.7 Å². The first-order valence-corrected chi connectivity index (χ1v) is 10.7. The Morgan fingerprint density at radius 1 is 1.06 bits per heavy atom. The number of aromatic amines is 1. The van der Waals surface area contributed by atoms with Gasteiger partial charge in [0.25, 0.3) is 11.7 Å². The van der Waals surface area contributed by atoms with Crippen molar-refractivity contribution in [3.05, 3.63) is 30.0 Å². The van der Waals surface area contributed by atoms with Gasteiger partial charge in [-0.2, -0.15) is 0 Å². The van der Waals surface area contributed by atoms with E-state index in [0.29, 0.717) is 43.7 Å². The van der Waals surface area contributed by atoms with Gasteiger partial charge in [-0.1, -0.05) is 13.3 Å². The molecule has 1 fully saturated rings. The molecule has 0 bridgehead atoms. The number of amides is 2. The van der Waals surface area contributed by atoms with Gasteiger partial charge < -0.3 is 24.3 Å². The number of aromatic nitrogens is 1. The molecule has 1 aromatic carbocycles. The first-order valence-electron chi connectivity index (χ1n) is 10.7. The molecule has 0 unspecified atom stereocenters. The molecular weight excluding hydrogens is 398 g/mol. The zero-order chi connectivity index (χ0) is 22.6. The van der Waals surface area contributed by atoms with Gasteiger partial charge in [-0.15, -0.1) is 0 Å². The number of ketones is 1. The third kappa shape index (κ3) is 5.57. The molecular formula is C23H31N3O5. The maximum absolute atomic E-state index is 12.9. The van der Waals surface area contributed by atoms with Crippen LogP contribution in [0.25, 0.3) is 10.9 Å². The number of hydrogen-bond acceptors (Lipinski definition) is 5. The fourth-order valence-electron chi connectivity index (χ4n) is 3.39. The molecule has 2 heterocycles. The van der Waals surface area contributed by atoms with Crippen molar-refractivity contribution < 1.29 is 23.9 Å². The molecule has 0 saturated carbocycles. The van der Waals surface area contributed by atoms with Crippen LogP contribution in [0.2, 0.25) is 0 Å². The first kappa shape index (κ1) is 22.7. The number of nitrogens with one attached hydrogen (secondary N) is 1. The molecule has 8 nitrogen and oxygen atoms in total. The number of benzene rings is 1. The van der Waals surface area contributed by atoms with Crippen molar-refractivity contribution in [3.63, 3.8) is 0 Å². The standard InChI is InChI=1S/C23H31N3O5/c1-5-6-13-30-16-7-8-17-18(15-24-19(17)14-16)20(27)21(28)25-9-11-26(12-10-25)22(29)31-23(2,3)4/h7-8,14-15,24H,5-6,9-13H2,1-4H3. The molecule has 1 aliphatic heterocycles. The molecule has 1 aromatic heterocycles. The highest BCUT2D eigenvalue weighted by Crippen LogP contribution is 2.24. The molecule has 1 aliphatic rings. The summed E-state index contributed by atoms with van der Waals surface area (Å²) in [7, 11) is 0. The van der Waals surface area contributed by atoms with E-state index in [4.69, 9.17) is 9.47 Å². The minimum absolute atomic E-state index is 0.293. The van der Waals surface area contributed by atoms with Crippen LogP contribution in [0.5, 0.6) is 5.75 Å². The number of hydrogen-bond donors (Lipinski definition) is 1. The van der Waals surface area contributed by atoms with E-state index in [0.717, 1.165) is 24.1 Å². The van der Waals surface area contributed by atoms with Crippen LogP contribution < -0.4 is 4.74 Å². The number of carbonyl (C=O) groups excluding carboxylic acids is 3. The lowest BCUT2D eigenvalue weighted by Crippen LogP contribution is -2.53. The van der Waals surface area contributed by atoms with Gasteiger partial charge in [0.15, 0.2) is 0 Å². The van der Waals surface area contributed by atoms with Crippen molar-refractivity contribution in [1.29, 1.82) is 0 Å². The Morgan fingerprint density at radius 3 is 2.39 bits per heavy atom. The number of Topliss-reactive ketones (excluding diaryl/α,β-unsaturated/α-hetero) is 1. The summed E-state index contributed by atoms with van der Waals surface area (Å²) in [6.45, 7) is 9.43. The quantitative estimate of drug-likeness (QED) is 0.430. The molecule has 0 atom stereocenters. The molecule has 8 heteroatoms. The van der Waals surface area contributed by atoms with Gasteiger partial charge in [-0.25, -0.2) is 4.79 Å². The number of unbranched alkanes of at least 4 members (excludes halogenated alkanes) is 1. The van der Waals surface area contributed by atoms with Crippen molar-refractivity contribution in [2.75, 3.05) is 32.8 Å². The molecule has 0 radical (unpaired) electrons. The molecule has 1 N–H and O–H groups in total. The van der Waals surface area contributed by atoms with Crippen LogP contribution >= 0.6 is 0 Å². The Hall–Kier alpha value is -3.03. The maximum atomic E-state index is 12.9. The average molecular weight is 430 g/mol. The predicted octanol–water partition coefficient (Wildman–Crippen LogP) is 3.61. The monoisotopic (exact) mass is 429 g/mol. The summed E-state index contributed by atoms with van der Waals surface area (Å²) in [6.07, 6.45) is 3.19. The van der Waals surface area contributed by atoms with Gasteiger partial charge in [0, 0.05) is 49.3 Å². The van der Waals surface area contributed by atoms with Gasteiger partial charge in [-0.3, -0.25) is 9.59 Å². The SMILES string of the molecule is CCCCOc1ccc2c(C(=O)C(=O)N3CCN(C(=O)OC(C)(C)C)CC3)c[nH]c2c1. The number of fused-ring (bicyclic) bond motifs is 1. The number of H-pyrrole nitrogens is 1. The van der Waals surface area contributed by atoms with E-state index < -0.39 is 23.4 Å². The molecule has 168 valence electrons. The Kier molecular flexibility index (Phi) is 6.87. The number of nitrogens with zero attached hydrogens (tertiary/aromatic N) is 2. The van der Waals surface area contributed by atoms with Crippen LogP contribution in [0, 0.1) is 0 Å². The number of ether oxygens (including phenoxy) is 2. The molecule has 31 heavy (non-hydrogen) atoms. The molecule has 0 aliphatic carbocycles. The molecule has 2 amide bonds. The van der Waals surface area contributed by atoms with Crippen LogP contribution in [0.15, 0.2) is 24.4 Å². The third-order valence-electron chi connectivity index (χ3n) is 5.08. The van der Waals surface area contributed by atoms with E-state index >= 15 is 0 Å². The zero-order valence-electron chi connectivity index (χ0n) is 18.7. The number of carbonyl (C=O) groups is 3.